The summed E-state index contributed by atoms with van der Waals surface area (Å²) in [6, 6.07) is 0.124. The third-order valence-electron chi connectivity index (χ3n) is 4.30. The number of hydrogen-bond acceptors (Lipinski definition) is 3. The van der Waals surface area contributed by atoms with Crippen LogP contribution >= 0.6 is 0 Å². The molecule has 2 unspecified atom stereocenters. The van der Waals surface area contributed by atoms with Crippen molar-refractivity contribution in [2.45, 2.75) is 51.1 Å². The first-order valence-corrected chi connectivity index (χ1v) is 7.69. The maximum Gasteiger partial charge on any atom is 0.317 e. The van der Waals surface area contributed by atoms with Gasteiger partial charge in [0.1, 0.15) is 0 Å². The number of carbonyl (C=O) groups excluding carboxylic acids is 1. The molecule has 0 fully saturated rings. The Morgan fingerprint density at radius 3 is 3.14 bits per heavy atom. The highest BCUT2D eigenvalue weighted by molar-refractivity contribution is 5.74. The summed E-state index contributed by atoms with van der Waals surface area (Å²) in [5, 5.41) is 16.2. The van der Waals surface area contributed by atoms with Crippen molar-refractivity contribution < 1.29 is 9.90 Å². The van der Waals surface area contributed by atoms with Crippen molar-refractivity contribution in [2.75, 3.05) is 13.7 Å². The largest absolute Gasteiger partial charge is 0.396 e. The summed E-state index contributed by atoms with van der Waals surface area (Å²) in [4.78, 5) is 14.1. The Morgan fingerprint density at radius 2 is 2.43 bits per heavy atom. The molecule has 6 nitrogen and oxygen atoms in total. The van der Waals surface area contributed by atoms with Gasteiger partial charge < -0.3 is 15.3 Å². The van der Waals surface area contributed by atoms with Gasteiger partial charge in [0.15, 0.2) is 0 Å². The highest BCUT2D eigenvalue weighted by atomic mass is 16.3. The highest BCUT2D eigenvalue weighted by Crippen LogP contribution is 2.33. The van der Waals surface area contributed by atoms with Crippen LogP contribution in [0.1, 0.15) is 49.9 Å². The van der Waals surface area contributed by atoms with Gasteiger partial charge in [-0.15, -0.1) is 0 Å². The smallest absolute Gasteiger partial charge is 0.317 e. The second-order valence-corrected chi connectivity index (χ2v) is 5.91. The van der Waals surface area contributed by atoms with E-state index in [2.05, 4.69) is 10.4 Å². The van der Waals surface area contributed by atoms with E-state index in [1.54, 1.807) is 4.90 Å². The average Bonchev–Trinajstić information content (AvgIpc) is 2.86. The molecule has 6 heteroatoms. The molecule has 118 valence electrons. The molecule has 0 saturated heterocycles. The van der Waals surface area contributed by atoms with Crippen molar-refractivity contribution in [3.05, 3.63) is 17.5 Å². The fourth-order valence-electron chi connectivity index (χ4n) is 3.01. The molecule has 1 heterocycles. The first kappa shape index (κ1) is 15.8. The normalized spacial score (nSPS) is 19.0. The van der Waals surface area contributed by atoms with Crippen LogP contribution in [0.5, 0.6) is 0 Å². The van der Waals surface area contributed by atoms with Crippen LogP contribution in [0.4, 0.5) is 4.79 Å². The molecule has 0 aromatic carbocycles. The number of urea groups is 1. The minimum Gasteiger partial charge on any atom is -0.396 e. The van der Waals surface area contributed by atoms with Gasteiger partial charge in [-0.25, -0.2) is 4.79 Å². The van der Waals surface area contributed by atoms with Gasteiger partial charge in [-0.2, -0.15) is 5.10 Å². The summed E-state index contributed by atoms with van der Waals surface area (Å²) in [6.45, 7) is 2.13. The van der Waals surface area contributed by atoms with Crippen LogP contribution < -0.4 is 5.32 Å². The Kier molecular flexibility index (Phi) is 5.22. The summed E-state index contributed by atoms with van der Waals surface area (Å²) >= 11 is 0. The van der Waals surface area contributed by atoms with Crippen molar-refractivity contribution in [1.29, 1.82) is 0 Å². The molecule has 2 atom stereocenters. The van der Waals surface area contributed by atoms with Gasteiger partial charge in [0.05, 0.1) is 12.2 Å². The molecule has 1 aromatic heterocycles. The molecule has 2 N–H and O–H groups in total. The van der Waals surface area contributed by atoms with Gasteiger partial charge in [-0.1, -0.05) is 0 Å². The van der Waals surface area contributed by atoms with Crippen molar-refractivity contribution in [2.24, 2.45) is 7.05 Å². The molecule has 1 aliphatic carbocycles. The number of fused-ring (bicyclic) bond motifs is 1. The van der Waals surface area contributed by atoms with Gasteiger partial charge in [0, 0.05) is 38.0 Å². The minimum absolute atomic E-state index is 0.0536. The Labute approximate surface area is 126 Å². The van der Waals surface area contributed by atoms with E-state index in [1.807, 2.05) is 31.9 Å². The molecular weight excluding hydrogens is 268 g/mol. The van der Waals surface area contributed by atoms with Crippen LogP contribution in [0.15, 0.2) is 6.20 Å². The zero-order valence-corrected chi connectivity index (χ0v) is 13.2. The van der Waals surface area contributed by atoms with Gasteiger partial charge in [-0.3, -0.25) is 4.68 Å². The number of aromatic nitrogens is 2. The Bertz CT molecular complexity index is 486. The topological polar surface area (TPSA) is 70.4 Å². The van der Waals surface area contributed by atoms with E-state index in [0.29, 0.717) is 6.42 Å². The van der Waals surface area contributed by atoms with Crippen LogP contribution in [0.25, 0.3) is 0 Å². The predicted molar refractivity (Wildman–Crippen MR) is 81.0 cm³/mol. The number of amides is 2. The van der Waals surface area contributed by atoms with Crippen molar-refractivity contribution >= 4 is 6.03 Å². The van der Waals surface area contributed by atoms with Crippen LogP contribution in [0.3, 0.4) is 0 Å². The summed E-state index contributed by atoms with van der Waals surface area (Å²) in [5.74, 6) is 0. The van der Waals surface area contributed by atoms with E-state index >= 15 is 0 Å². The maximum atomic E-state index is 12.4. The standard InChI is InChI=1S/C15H26N4O2/c1-11(6-5-9-20)17-15(21)18(2)13-7-4-8-14-12(13)10-16-19(14)3/h10-11,13,20H,4-9H2,1-3H3,(H,17,21). The quantitative estimate of drug-likeness (QED) is 0.866. The summed E-state index contributed by atoms with van der Waals surface area (Å²) < 4.78 is 1.91. The number of aliphatic hydroxyl groups is 1. The number of aliphatic hydroxyl groups excluding tert-OH is 1. The molecule has 0 aliphatic heterocycles. The number of aryl methyl sites for hydroxylation is 1. The van der Waals surface area contributed by atoms with Crippen LogP contribution in [0, 0.1) is 0 Å². The van der Waals surface area contributed by atoms with Gasteiger partial charge in [0.2, 0.25) is 0 Å². The zero-order chi connectivity index (χ0) is 15.4. The second-order valence-electron chi connectivity index (χ2n) is 5.91. The van der Waals surface area contributed by atoms with Gasteiger partial charge in [-0.05, 0) is 39.0 Å². The van der Waals surface area contributed by atoms with E-state index in [9.17, 15) is 4.79 Å². The molecule has 0 saturated carbocycles. The van der Waals surface area contributed by atoms with Crippen molar-refractivity contribution in [3.8, 4) is 0 Å². The Hall–Kier alpha value is -1.56. The first-order chi connectivity index (χ1) is 10.0. The number of carbonyl (C=O) groups is 1. The van der Waals surface area contributed by atoms with E-state index in [1.165, 1.54) is 11.3 Å². The Balaban J connectivity index is 2.00. The molecule has 0 spiro atoms. The molecule has 1 aliphatic rings. The third kappa shape index (κ3) is 3.56. The third-order valence-corrected chi connectivity index (χ3v) is 4.30. The van der Waals surface area contributed by atoms with Gasteiger partial charge in [0.25, 0.3) is 0 Å². The predicted octanol–water partition coefficient (Wildman–Crippen LogP) is 1.60. The lowest BCUT2D eigenvalue weighted by atomic mass is 9.92. The first-order valence-electron chi connectivity index (χ1n) is 7.69. The minimum atomic E-state index is -0.0536. The van der Waals surface area contributed by atoms with Crippen LogP contribution in [0.2, 0.25) is 0 Å². The summed E-state index contributed by atoms with van der Waals surface area (Å²) in [6.07, 6.45) is 6.48. The summed E-state index contributed by atoms with van der Waals surface area (Å²) in [7, 11) is 3.80. The van der Waals surface area contributed by atoms with Crippen molar-refractivity contribution in [3.63, 3.8) is 0 Å². The number of rotatable bonds is 5. The number of hydrogen-bond donors (Lipinski definition) is 2. The maximum absolute atomic E-state index is 12.4. The van der Waals surface area contributed by atoms with Crippen molar-refractivity contribution in [1.82, 2.24) is 20.0 Å². The van der Waals surface area contributed by atoms with E-state index < -0.39 is 0 Å². The number of nitrogens with one attached hydrogen (secondary N) is 1. The lowest BCUT2D eigenvalue weighted by Crippen LogP contribution is -2.44. The SMILES string of the molecule is CC(CCCO)NC(=O)N(C)C1CCCc2c1cnn2C. The average molecular weight is 294 g/mol. The van der Waals surface area contributed by atoms with E-state index in [0.717, 1.165) is 25.7 Å². The van der Waals surface area contributed by atoms with Crippen LogP contribution in [-0.4, -0.2) is 45.5 Å². The molecular formula is C15H26N4O2. The second kappa shape index (κ2) is 6.93. The summed E-state index contributed by atoms with van der Waals surface area (Å²) in [5.41, 5.74) is 2.41. The molecule has 2 rings (SSSR count). The molecule has 1 aromatic rings. The molecule has 0 radical (unpaired) electrons. The number of nitrogens with zero attached hydrogens (tertiary/aromatic N) is 3. The lowest BCUT2D eigenvalue weighted by Gasteiger charge is -2.32. The monoisotopic (exact) mass is 294 g/mol. The molecule has 2 amide bonds. The lowest BCUT2D eigenvalue weighted by molar-refractivity contribution is 0.179. The molecule has 0 bridgehead atoms. The zero-order valence-electron chi connectivity index (χ0n) is 13.2. The Morgan fingerprint density at radius 1 is 1.67 bits per heavy atom. The van der Waals surface area contributed by atoms with E-state index in [-0.39, 0.29) is 24.7 Å². The van der Waals surface area contributed by atoms with Crippen LogP contribution in [-0.2, 0) is 13.5 Å². The molecule has 21 heavy (non-hydrogen) atoms. The highest BCUT2D eigenvalue weighted by Gasteiger charge is 2.29. The fourth-order valence-corrected chi connectivity index (χ4v) is 3.01. The van der Waals surface area contributed by atoms with E-state index in [4.69, 9.17) is 5.11 Å². The fraction of sp³-hybridized carbons (Fsp3) is 0.733. The van der Waals surface area contributed by atoms with Gasteiger partial charge >= 0.3 is 6.03 Å².